The van der Waals surface area contributed by atoms with E-state index in [0.717, 1.165) is 18.4 Å². The van der Waals surface area contributed by atoms with Gasteiger partial charge in [-0.15, -0.1) is 0 Å². The van der Waals surface area contributed by atoms with E-state index in [-0.39, 0.29) is 18.5 Å². The molecule has 0 aromatic heterocycles. The lowest BCUT2D eigenvalue weighted by atomic mass is 10.0. The fourth-order valence-corrected chi connectivity index (χ4v) is 1.54. The van der Waals surface area contributed by atoms with Gasteiger partial charge in [0.25, 0.3) is 0 Å². The Hall–Kier alpha value is -1.22. The highest BCUT2D eigenvalue weighted by atomic mass is 16.5. The average Bonchev–Trinajstić information content (AvgIpc) is 2.16. The summed E-state index contributed by atoms with van der Waals surface area (Å²) in [7, 11) is 0. The summed E-state index contributed by atoms with van der Waals surface area (Å²) in [6, 6.07) is 5.11. The molecule has 0 bridgehead atoms. The molecule has 0 fully saturated rings. The molecule has 1 aromatic carbocycles. The molecule has 1 atom stereocenters. The van der Waals surface area contributed by atoms with Gasteiger partial charge in [0.15, 0.2) is 0 Å². The highest BCUT2D eigenvalue weighted by molar-refractivity contribution is 5.41. The molecule has 0 amide bonds. The number of benzene rings is 1. The predicted molar refractivity (Wildman–Crippen MR) is 47.9 cm³/mol. The largest absolute Gasteiger partial charge is 0.508 e. The number of hydrogen-bond acceptors (Lipinski definition) is 3. The number of ether oxygens (including phenoxy) is 1. The Labute approximate surface area is 76.6 Å². The van der Waals surface area contributed by atoms with Crippen LogP contribution >= 0.6 is 0 Å². The molecule has 0 saturated carbocycles. The normalized spacial score (nSPS) is 20.5. The third kappa shape index (κ3) is 1.60. The molecule has 1 unspecified atom stereocenters. The molecule has 1 aliphatic heterocycles. The molecule has 13 heavy (non-hydrogen) atoms. The lowest BCUT2D eigenvalue weighted by Gasteiger charge is -2.24. The van der Waals surface area contributed by atoms with Gasteiger partial charge in [0, 0.05) is 6.07 Å². The molecule has 70 valence electrons. The molecule has 1 aliphatic rings. The second-order valence-electron chi connectivity index (χ2n) is 3.25. The fraction of sp³-hybridized carbons (Fsp3) is 0.400. The third-order valence-corrected chi connectivity index (χ3v) is 2.28. The minimum Gasteiger partial charge on any atom is -0.508 e. The van der Waals surface area contributed by atoms with Gasteiger partial charge in [-0.3, -0.25) is 0 Å². The van der Waals surface area contributed by atoms with Gasteiger partial charge in [-0.05, 0) is 24.5 Å². The minimum atomic E-state index is -0.116. The molecule has 1 heterocycles. The zero-order valence-electron chi connectivity index (χ0n) is 7.23. The molecule has 0 saturated heterocycles. The maximum absolute atomic E-state index is 9.20. The van der Waals surface area contributed by atoms with E-state index in [1.54, 1.807) is 12.1 Å². The molecule has 2 N–H and O–H groups in total. The highest BCUT2D eigenvalue weighted by Crippen LogP contribution is 2.30. The Morgan fingerprint density at radius 2 is 2.31 bits per heavy atom. The first-order valence-corrected chi connectivity index (χ1v) is 4.39. The molecular weight excluding hydrogens is 168 g/mol. The van der Waals surface area contributed by atoms with Crippen LogP contribution in [0.25, 0.3) is 0 Å². The van der Waals surface area contributed by atoms with Gasteiger partial charge < -0.3 is 14.9 Å². The summed E-state index contributed by atoms with van der Waals surface area (Å²) < 4.78 is 5.45. The first kappa shape index (κ1) is 8.38. The van der Waals surface area contributed by atoms with Crippen molar-refractivity contribution < 1.29 is 14.9 Å². The fourth-order valence-electron chi connectivity index (χ4n) is 1.54. The smallest absolute Gasteiger partial charge is 0.126 e. The van der Waals surface area contributed by atoms with Crippen molar-refractivity contribution in [3.63, 3.8) is 0 Å². The van der Waals surface area contributed by atoms with Gasteiger partial charge in [-0.1, -0.05) is 6.07 Å². The predicted octanol–water partition coefficient (Wildman–Crippen LogP) is 1.08. The molecule has 1 aromatic rings. The number of phenolic OH excluding ortho intramolecular Hbond substituents is 1. The number of fused-ring (bicyclic) bond motifs is 1. The van der Waals surface area contributed by atoms with Crippen molar-refractivity contribution in [3.05, 3.63) is 23.8 Å². The second kappa shape index (κ2) is 3.26. The van der Waals surface area contributed by atoms with Crippen LogP contribution in [0.2, 0.25) is 0 Å². The van der Waals surface area contributed by atoms with Crippen molar-refractivity contribution in [3.8, 4) is 11.5 Å². The molecular formula is C10H12O3. The summed E-state index contributed by atoms with van der Waals surface area (Å²) >= 11 is 0. The van der Waals surface area contributed by atoms with E-state index in [0.29, 0.717) is 5.75 Å². The van der Waals surface area contributed by atoms with Gasteiger partial charge in [0.05, 0.1) is 6.61 Å². The molecule has 0 spiro atoms. The maximum atomic E-state index is 9.20. The Kier molecular flexibility index (Phi) is 2.10. The SMILES string of the molecule is OCC1CCc2ccc(O)cc2O1. The number of aliphatic hydroxyl groups excluding tert-OH is 1. The maximum Gasteiger partial charge on any atom is 0.126 e. The Morgan fingerprint density at radius 1 is 1.46 bits per heavy atom. The van der Waals surface area contributed by atoms with Gasteiger partial charge in [0.2, 0.25) is 0 Å². The van der Waals surface area contributed by atoms with Crippen LogP contribution in [0, 0.1) is 0 Å². The monoisotopic (exact) mass is 180 g/mol. The lowest BCUT2D eigenvalue weighted by molar-refractivity contribution is 0.0975. The zero-order chi connectivity index (χ0) is 9.26. The van der Waals surface area contributed by atoms with E-state index >= 15 is 0 Å². The number of aliphatic hydroxyl groups is 1. The van der Waals surface area contributed by atoms with Gasteiger partial charge in [-0.2, -0.15) is 0 Å². The molecule has 0 radical (unpaired) electrons. The summed E-state index contributed by atoms with van der Waals surface area (Å²) in [4.78, 5) is 0. The van der Waals surface area contributed by atoms with Crippen molar-refractivity contribution >= 4 is 0 Å². The van der Waals surface area contributed by atoms with Crippen LogP contribution in [0.3, 0.4) is 0 Å². The standard InChI is InChI=1S/C10H12O3/c11-6-9-4-2-7-1-3-8(12)5-10(7)13-9/h1,3,5,9,11-12H,2,4,6H2. The van der Waals surface area contributed by atoms with Crippen molar-refractivity contribution in [1.82, 2.24) is 0 Å². The molecule has 3 heteroatoms. The number of phenols is 1. The Balaban J connectivity index is 2.27. The van der Waals surface area contributed by atoms with E-state index < -0.39 is 0 Å². The topological polar surface area (TPSA) is 49.7 Å². The van der Waals surface area contributed by atoms with Crippen molar-refractivity contribution in [2.45, 2.75) is 18.9 Å². The van der Waals surface area contributed by atoms with Gasteiger partial charge >= 0.3 is 0 Å². The van der Waals surface area contributed by atoms with Crippen LogP contribution in [0.15, 0.2) is 18.2 Å². The minimum absolute atomic E-state index is 0.0368. The summed E-state index contributed by atoms with van der Waals surface area (Å²) in [5.41, 5.74) is 1.10. The van der Waals surface area contributed by atoms with Gasteiger partial charge in [-0.25, -0.2) is 0 Å². The number of rotatable bonds is 1. The van der Waals surface area contributed by atoms with Crippen LogP contribution in [-0.2, 0) is 6.42 Å². The number of aryl methyl sites for hydroxylation is 1. The number of hydrogen-bond donors (Lipinski definition) is 2. The molecule has 0 aliphatic carbocycles. The molecule has 2 rings (SSSR count). The quantitative estimate of drug-likeness (QED) is 0.679. The first-order valence-electron chi connectivity index (χ1n) is 4.39. The summed E-state index contributed by atoms with van der Waals surface area (Å²) in [5.74, 6) is 0.905. The second-order valence-corrected chi connectivity index (χ2v) is 3.25. The van der Waals surface area contributed by atoms with Crippen LogP contribution < -0.4 is 4.74 Å². The average molecular weight is 180 g/mol. The summed E-state index contributed by atoms with van der Waals surface area (Å²) in [6.07, 6.45) is 1.63. The van der Waals surface area contributed by atoms with E-state index in [9.17, 15) is 5.11 Å². The zero-order valence-corrected chi connectivity index (χ0v) is 7.23. The Bertz CT molecular complexity index is 309. The van der Waals surface area contributed by atoms with Crippen LogP contribution in [0.1, 0.15) is 12.0 Å². The van der Waals surface area contributed by atoms with E-state index in [4.69, 9.17) is 9.84 Å². The van der Waals surface area contributed by atoms with Crippen molar-refractivity contribution in [2.24, 2.45) is 0 Å². The van der Waals surface area contributed by atoms with Crippen molar-refractivity contribution in [2.75, 3.05) is 6.61 Å². The summed E-state index contributed by atoms with van der Waals surface area (Å²) in [5, 5.41) is 18.1. The summed E-state index contributed by atoms with van der Waals surface area (Å²) in [6.45, 7) is 0.0368. The van der Waals surface area contributed by atoms with Crippen LogP contribution in [0.5, 0.6) is 11.5 Å². The third-order valence-electron chi connectivity index (χ3n) is 2.28. The highest BCUT2D eigenvalue weighted by Gasteiger charge is 2.18. The molecule has 3 nitrogen and oxygen atoms in total. The van der Waals surface area contributed by atoms with E-state index in [1.165, 1.54) is 0 Å². The van der Waals surface area contributed by atoms with Gasteiger partial charge in [0.1, 0.15) is 17.6 Å². The van der Waals surface area contributed by atoms with Crippen LogP contribution in [-0.4, -0.2) is 22.9 Å². The number of aromatic hydroxyl groups is 1. The van der Waals surface area contributed by atoms with E-state index in [2.05, 4.69) is 0 Å². The van der Waals surface area contributed by atoms with E-state index in [1.807, 2.05) is 6.07 Å². The first-order chi connectivity index (χ1) is 6.29. The lowest BCUT2D eigenvalue weighted by Crippen LogP contribution is -2.25. The van der Waals surface area contributed by atoms with Crippen LogP contribution in [0.4, 0.5) is 0 Å². The Morgan fingerprint density at radius 3 is 3.08 bits per heavy atom. The van der Waals surface area contributed by atoms with Crippen molar-refractivity contribution in [1.29, 1.82) is 0 Å².